The van der Waals surface area contributed by atoms with Gasteiger partial charge in [-0.2, -0.15) is 0 Å². The van der Waals surface area contributed by atoms with Gasteiger partial charge in [0.1, 0.15) is 23.9 Å². The molecule has 0 radical (unpaired) electrons. The van der Waals surface area contributed by atoms with Crippen LogP contribution in [0.3, 0.4) is 0 Å². The van der Waals surface area contributed by atoms with Gasteiger partial charge in [-0.05, 0) is 93.8 Å². The number of hydrogen-bond donors (Lipinski definition) is 1. The van der Waals surface area contributed by atoms with Crippen LogP contribution in [0.2, 0.25) is 5.02 Å². The number of halogens is 1. The number of alkyl carbamates (subject to hydrolysis) is 1. The standard InChI is InChI=1S/C33H39ClNO12PS/c1-32(2,3)45-31(37)35-33(19-42-21-39-4,20-43-48(38,46-40-5)47-41-6)16-15-22-7-13-28-26(17-22)30(36)27-18-25(12-14-29(27)49-28)44-24-10-8-23(34)9-11-24/h7-14,17-18H,15-16,19-21H2,1-6H3,(H,35,37). The fourth-order valence-corrected chi connectivity index (χ4v) is 6.77. The third-order valence-electron chi connectivity index (χ3n) is 6.82. The van der Waals surface area contributed by atoms with E-state index in [1.54, 1.807) is 51.1 Å². The number of ether oxygens (including phenoxy) is 4. The van der Waals surface area contributed by atoms with Gasteiger partial charge in [0.05, 0.1) is 33.0 Å². The van der Waals surface area contributed by atoms with Crippen molar-refractivity contribution >= 4 is 57.0 Å². The van der Waals surface area contributed by atoms with Crippen LogP contribution in [-0.2, 0) is 48.8 Å². The van der Waals surface area contributed by atoms with E-state index < -0.39 is 31.7 Å². The molecule has 13 nitrogen and oxygen atoms in total. The summed E-state index contributed by atoms with van der Waals surface area (Å²) in [5.74, 6) is 1.10. The van der Waals surface area contributed by atoms with E-state index in [0.717, 1.165) is 29.2 Å². The SMILES string of the molecule is COCOCC(CCc1ccc2sc3ccc(Oc4ccc(Cl)cc4)cc3c(=O)c2c1)(COP(=O)(OOC)OOC)NC(=O)OC(C)(C)C. The molecule has 49 heavy (non-hydrogen) atoms. The number of benzene rings is 3. The van der Waals surface area contributed by atoms with Crippen molar-refractivity contribution < 1.29 is 52.0 Å². The molecule has 266 valence electrons. The number of rotatable bonds is 17. The first-order valence-electron chi connectivity index (χ1n) is 15.0. The van der Waals surface area contributed by atoms with Crippen LogP contribution in [0.5, 0.6) is 11.5 Å². The molecule has 3 aromatic carbocycles. The van der Waals surface area contributed by atoms with Gasteiger partial charge < -0.3 is 24.3 Å². The Morgan fingerprint density at radius 1 is 0.878 bits per heavy atom. The second-order valence-electron chi connectivity index (χ2n) is 11.8. The monoisotopic (exact) mass is 739 g/mol. The van der Waals surface area contributed by atoms with Gasteiger partial charge in [-0.25, -0.2) is 19.1 Å². The molecule has 1 atom stereocenters. The van der Waals surface area contributed by atoms with Crippen LogP contribution in [0.25, 0.3) is 20.2 Å². The van der Waals surface area contributed by atoms with Crippen molar-refractivity contribution in [1.82, 2.24) is 5.32 Å². The van der Waals surface area contributed by atoms with Crippen LogP contribution < -0.4 is 15.5 Å². The molecule has 0 saturated carbocycles. The number of hydrogen-bond acceptors (Lipinski definition) is 13. The van der Waals surface area contributed by atoms with E-state index in [0.29, 0.717) is 33.7 Å². The number of carbonyl (C=O) groups is 1. The van der Waals surface area contributed by atoms with E-state index in [9.17, 15) is 14.2 Å². The zero-order valence-electron chi connectivity index (χ0n) is 27.9. The van der Waals surface area contributed by atoms with Crippen molar-refractivity contribution in [1.29, 1.82) is 0 Å². The normalized spacial score (nSPS) is 13.4. The van der Waals surface area contributed by atoms with Gasteiger partial charge in [-0.1, -0.05) is 17.7 Å². The van der Waals surface area contributed by atoms with Crippen LogP contribution in [0.1, 0.15) is 32.8 Å². The predicted octanol–water partition coefficient (Wildman–Crippen LogP) is 7.96. The Balaban J connectivity index is 1.66. The zero-order valence-corrected chi connectivity index (χ0v) is 30.4. The molecule has 1 heterocycles. The first-order valence-corrected chi connectivity index (χ1v) is 17.6. The average Bonchev–Trinajstić information content (AvgIpc) is 3.04. The van der Waals surface area contributed by atoms with Crippen LogP contribution >= 0.6 is 30.8 Å². The van der Waals surface area contributed by atoms with E-state index in [-0.39, 0.29) is 25.2 Å². The Kier molecular flexibility index (Phi) is 13.6. The fraction of sp³-hybridized carbons (Fsp3) is 0.394. The average molecular weight is 740 g/mol. The number of nitrogens with one attached hydrogen (secondary N) is 1. The van der Waals surface area contributed by atoms with Crippen LogP contribution in [0.4, 0.5) is 4.79 Å². The Morgan fingerprint density at radius 2 is 1.51 bits per heavy atom. The molecule has 1 unspecified atom stereocenters. The van der Waals surface area contributed by atoms with Gasteiger partial charge >= 0.3 is 13.9 Å². The van der Waals surface area contributed by atoms with Gasteiger partial charge in [0.25, 0.3) is 0 Å². The largest absolute Gasteiger partial charge is 0.529 e. The lowest BCUT2D eigenvalue weighted by Gasteiger charge is -2.35. The van der Waals surface area contributed by atoms with Gasteiger partial charge in [-0.3, -0.25) is 9.32 Å². The van der Waals surface area contributed by atoms with Crippen LogP contribution in [-0.4, -0.2) is 58.6 Å². The Hall–Kier alpha value is -3.14. The van der Waals surface area contributed by atoms with E-state index >= 15 is 0 Å². The molecule has 1 N–H and O–H groups in total. The highest BCUT2D eigenvalue weighted by Gasteiger charge is 2.40. The van der Waals surface area contributed by atoms with Crippen LogP contribution in [0.15, 0.2) is 65.5 Å². The summed E-state index contributed by atoms with van der Waals surface area (Å²) in [7, 11) is -0.731. The lowest BCUT2D eigenvalue weighted by molar-refractivity contribution is -0.260. The summed E-state index contributed by atoms with van der Waals surface area (Å²) in [5.41, 5.74) is -1.59. The molecule has 0 bridgehead atoms. The summed E-state index contributed by atoms with van der Waals surface area (Å²) in [4.78, 5) is 35.9. The van der Waals surface area contributed by atoms with Gasteiger partial charge in [0, 0.05) is 32.3 Å². The third-order valence-corrected chi connectivity index (χ3v) is 9.33. The fourth-order valence-electron chi connectivity index (χ4n) is 4.73. The molecule has 0 saturated heterocycles. The molecule has 4 aromatic rings. The molecule has 4 rings (SSSR count). The molecular formula is C33H39ClNO12PS. The van der Waals surface area contributed by atoms with Gasteiger partial charge in [0.2, 0.25) is 0 Å². The second kappa shape index (κ2) is 17.2. The number of fused-ring (bicyclic) bond motifs is 2. The molecule has 0 spiro atoms. The molecule has 1 aromatic heterocycles. The highest BCUT2D eigenvalue weighted by Crippen LogP contribution is 2.50. The first kappa shape index (κ1) is 38.7. The quantitative estimate of drug-likeness (QED) is 0.0280. The lowest BCUT2D eigenvalue weighted by Crippen LogP contribution is -2.56. The minimum absolute atomic E-state index is 0.119. The van der Waals surface area contributed by atoms with Crippen molar-refractivity contribution in [3.05, 3.63) is 81.5 Å². The summed E-state index contributed by atoms with van der Waals surface area (Å²) in [5, 5.41) is 4.43. The second-order valence-corrected chi connectivity index (χ2v) is 14.8. The molecule has 0 aliphatic rings. The molecule has 0 fully saturated rings. The maximum Gasteiger partial charge on any atom is 0.529 e. The van der Waals surface area contributed by atoms with Crippen molar-refractivity contribution in [2.24, 2.45) is 0 Å². The minimum atomic E-state index is -4.41. The summed E-state index contributed by atoms with van der Waals surface area (Å²) in [6.45, 7) is 4.41. The van der Waals surface area contributed by atoms with Gasteiger partial charge in [0.15, 0.2) is 5.43 Å². The predicted molar refractivity (Wildman–Crippen MR) is 185 cm³/mol. The molecule has 0 aliphatic carbocycles. The third kappa shape index (κ3) is 11.2. The van der Waals surface area contributed by atoms with E-state index in [1.165, 1.54) is 18.4 Å². The van der Waals surface area contributed by atoms with E-state index in [2.05, 4.69) is 15.1 Å². The molecule has 1 amide bonds. The maximum atomic E-state index is 13.8. The Bertz CT molecular complexity index is 1820. The van der Waals surface area contributed by atoms with Crippen molar-refractivity contribution in [2.45, 2.75) is 44.8 Å². The first-order chi connectivity index (χ1) is 23.3. The highest BCUT2D eigenvalue weighted by atomic mass is 35.5. The van der Waals surface area contributed by atoms with Crippen molar-refractivity contribution in [3.8, 4) is 11.5 Å². The van der Waals surface area contributed by atoms with E-state index in [1.807, 2.05) is 30.3 Å². The summed E-state index contributed by atoms with van der Waals surface area (Å²) in [6.07, 6.45) is -0.308. The van der Waals surface area contributed by atoms with Gasteiger partial charge in [-0.15, -0.1) is 20.7 Å². The van der Waals surface area contributed by atoms with Crippen molar-refractivity contribution in [2.75, 3.05) is 41.3 Å². The number of methoxy groups -OCH3 is 1. The number of aryl methyl sites for hydroxylation is 1. The molecule has 0 aliphatic heterocycles. The van der Waals surface area contributed by atoms with Crippen LogP contribution in [0, 0.1) is 0 Å². The topological polar surface area (TPSA) is 146 Å². The number of amides is 1. The maximum absolute atomic E-state index is 13.8. The molecule has 16 heteroatoms. The minimum Gasteiger partial charge on any atom is -0.457 e. The summed E-state index contributed by atoms with van der Waals surface area (Å²) < 4.78 is 51.8. The Morgan fingerprint density at radius 3 is 2.14 bits per heavy atom. The highest BCUT2D eigenvalue weighted by molar-refractivity contribution is 7.48. The smallest absolute Gasteiger partial charge is 0.457 e. The Labute approximate surface area is 292 Å². The summed E-state index contributed by atoms with van der Waals surface area (Å²) in [6, 6.07) is 17.9. The summed E-state index contributed by atoms with van der Waals surface area (Å²) >= 11 is 7.47. The number of carbonyl (C=O) groups excluding carboxylic acids is 1. The number of phosphoric acid groups is 1. The van der Waals surface area contributed by atoms with Crippen molar-refractivity contribution in [3.63, 3.8) is 0 Å². The van der Waals surface area contributed by atoms with E-state index in [4.69, 9.17) is 44.4 Å². The zero-order chi connectivity index (χ0) is 35.7. The molecular weight excluding hydrogens is 701 g/mol. The lowest BCUT2D eigenvalue weighted by atomic mass is 9.92.